The van der Waals surface area contributed by atoms with Crippen LogP contribution in [0.2, 0.25) is 0 Å². The Hall–Kier alpha value is -1.88. The number of nitrogens with zero attached hydrogens (tertiary/aromatic N) is 2. The number of rotatable bonds is 3. The van der Waals surface area contributed by atoms with Gasteiger partial charge in [-0.25, -0.2) is 4.98 Å². The van der Waals surface area contributed by atoms with Gasteiger partial charge in [-0.15, -0.1) is 0 Å². The van der Waals surface area contributed by atoms with Crippen LogP contribution in [0.3, 0.4) is 0 Å². The number of carbonyl (C=O) groups excluding carboxylic acids is 1. The van der Waals surface area contributed by atoms with Crippen LogP contribution in [0, 0.1) is 6.92 Å². The maximum Gasteiger partial charge on any atom is 0.242 e. The first-order chi connectivity index (χ1) is 8.98. The highest BCUT2D eigenvalue weighted by Gasteiger charge is 2.47. The van der Waals surface area contributed by atoms with E-state index in [1.54, 1.807) is 11.9 Å². The van der Waals surface area contributed by atoms with Gasteiger partial charge in [0.15, 0.2) is 0 Å². The van der Waals surface area contributed by atoms with Crippen molar-refractivity contribution < 1.29 is 4.79 Å². The van der Waals surface area contributed by atoms with E-state index >= 15 is 0 Å². The Bertz CT molecular complexity index is 642. The third-order valence-corrected chi connectivity index (χ3v) is 3.65. The first kappa shape index (κ1) is 12.2. The molecule has 3 N–H and O–H groups in total. The highest BCUT2D eigenvalue weighted by atomic mass is 16.2. The molecule has 1 aromatic carbocycles. The summed E-state index contributed by atoms with van der Waals surface area (Å²) in [6, 6.07) is 6.01. The van der Waals surface area contributed by atoms with Gasteiger partial charge in [0.25, 0.3) is 0 Å². The maximum atomic E-state index is 12.1. The lowest BCUT2D eigenvalue weighted by molar-refractivity contribution is -0.132. The number of aromatic amines is 1. The molecular weight excluding hydrogens is 240 g/mol. The highest BCUT2D eigenvalue weighted by Crippen LogP contribution is 2.34. The van der Waals surface area contributed by atoms with Crippen molar-refractivity contribution in [3.05, 3.63) is 29.6 Å². The first-order valence-corrected chi connectivity index (χ1v) is 6.48. The fourth-order valence-corrected chi connectivity index (χ4v) is 2.36. The normalized spacial score (nSPS) is 16.6. The summed E-state index contributed by atoms with van der Waals surface area (Å²) in [5.41, 5.74) is 8.37. The molecule has 2 aromatic rings. The minimum absolute atomic E-state index is 0.0355. The molecule has 0 spiro atoms. The number of hydrogen-bond donors (Lipinski definition) is 2. The average molecular weight is 258 g/mol. The molecule has 1 aliphatic rings. The average Bonchev–Trinajstić information content (AvgIpc) is 2.99. The Balaban J connectivity index is 1.79. The number of carbonyl (C=O) groups is 1. The molecule has 1 aliphatic carbocycles. The smallest absolute Gasteiger partial charge is 0.242 e. The number of H-pyrrole nitrogens is 1. The van der Waals surface area contributed by atoms with Crippen molar-refractivity contribution in [2.75, 3.05) is 7.05 Å². The predicted molar refractivity (Wildman–Crippen MR) is 73.5 cm³/mol. The van der Waals surface area contributed by atoms with Crippen LogP contribution in [0.4, 0.5) is 0 Å². The van der Waals surface area contributed by atoms with Crippen molar-refractivity contribution in [1.29, 1.82) is 0 Å². The lowest BCUT2D eigenvalue weighted by Crippen LogP contribution is -2.43. The van der Waals surface area contributed by atoms with Crippen LogP contribution in [0.15, 0.2) is 18.2 Å². The number of imidazole rings is 1. The van der Waals surface area contributed by atoms with Crippen LogP contribution in [-0.2, 0) is 11.3 Å². The van der Waals surface area contributed by atoms with E-state index in [4.69, 9.17) is 5.73 Å². The van der Waals surface area contributed by atoms with Crippen LogP contribution < -0.4 is 5.73 Å². The van der Waals surface area contributed by atoms with Crippen LogP contribution >= 0.6 is 0 Å². The summed E-state index contributed by atoms with van der Waals surface area (Å²) in [7, 11) is 1.80. The van der Waals surface area contributed by atoms with Crippen LogP contribution in [-0.4, -0.2) is 33.4 Å². The zero-order valence-electron chi connectivity index (χ0n) is 11.2. The molecule has 0 bridgehead atoms. The number of fused-ring (bicyclic) bond motifs is 1. The molecule has 0 aliphatic heterocycles. The first-order valence-electron chi connectivity index (χ1n) is 6.48. The zero-order valence-corrected chi connectivity index (χ0v) is 11.2. The van der Waals surface area contributed by atoms with Gasteiger partial charge in [0, 0.05) is 13.6 Å². The molecule has 1 amide bonds. The van der Waals surface area contributed by atoms with Crippen molar-refractivity contribution in [1.82, 2.24) is 14.9 Å². The van der Waals surface area contributed by atoms with Gasteiger partial charge in [-0.2, -0.15) is 0 Å². The van der Waals surface area contributed by atoms with E-state index in [0.29, 0.717) is 6.54 Å². The molecule has 1 aromatic heterocycles. The number of hydrogen-bond acceptors (Lipinski definition) is 3. The summed E-state index contributed by atoms with van der Waals surface area (Å²) >= 11 is 0. The van der Waals surface area contributed by atoms with Gasteiger partial charge in [-0.3, -0.25) is 4.79 Å². The highest BCUT2D eigenvalue weighted by molar-refractivity contribution is 5.89. The van der Waals surface area contributed by atoms with E-state index in [0.717, 1.165) is 35.3 Å². The monoisotopic (exact) mass is 258 g/mol. The van der Waals surface area contributed by atoms with E-state index in [1.807, 2.05) is 25.1 Å². The lowest BCUT2D eigenvalue weighted by atomic mass is 10.1. The topological polar surface area (TPSA) is 75.0 Å². The molecule has 1 fully saturated rings. The SMILES string of the molecule is Cc1nc2ccc(CN(C)C(=O)C3(N)CC3)cc2[nH]1. The second-order valence-corrected chi connectivity index (χ2v) is 5.49. The van der Waals surface area contributed by atoms with Gasteiger partial charge in [-0.1, -0.05) is 6.07 Å². The standard InChI is InChI=1S/C14H18N4O/c1-9-16-11-4-3-10(7-12(11)17-9)8-18(2)13(19)14(15)5-6-14/h3-4,7H,5-6,8,15H2,1-2H3,(H,16,17). The van der Waals surface area contributed by atoms with E-state index < -0.39 is 5.54 Å². The second kappa shape index (κ2) is 4.06. The van der Waals surface area contributed by atoms with Crippen molar-refractivity contribution in [2.45, 2.75) is 31.8 Å². The van der Waals surface area contributed by atoms with Gasteiger partial charge in [0.05, 0.1) is 16.6 Å². The predicted octanol–water partition coefficient (Wildman–Crippen LogP) is 1.32. The second-order valence-electron chi connectivity index (χ2n) is 5.49. The van der Waals surface area contributed by atoms with Gasteiger partial charge < -0.3 is 15.6 Å². The fraction of sp³-hybridized carbons (Fsp3) is 0.429. The molecule has 5 heteroatoms. The van der Waals surface area contributed by atoms with Gasteiger partial charge in [0.2, 0.25) is 5.91 Å². The van der Waals surface area contributed by atoms with Crippen LogP contribution in [0.1, 0.15) is 24.2 Å². The number of aromatic nitrogens is 2. The molecule has 0 unspecified atom stereocenters. The summed E-state index contributed by atoms with van der Waals surface area (Å²) in [5.74, 6) is 0.934. The Kier molecular flexibility index (Phi) is 2.60. The number of nitrogens with one attached hydrogen (secondary N) is 1. The van der Waals surface area contributed by atoms with Crippen molar-refractivity contribution in [3.8, 4) is 0 Å². The lowest BCUT2D eigenvalue weighted by Gasteiger charge is -2.20. The minimum Gasteiger partial charge on any atom is -0.342 e. The van der Waals surface area contributed by atoms with E-state index in [-0.39, 0.29) is 5.91 Å². The zero-order chi connectivity index (χ0) is 13.6. The number of nitrogens with two attached hydrogens (primary N) is 1. The molecule has 3 rings (SSSR count). The molecule has 100 valence electrons. The number of aryl methyl sites for hydroxylation is 1. The number of amides is 1. The Labute approximate surface area is 111 Å². The van der Waals surface area contributed by atoms with Gasteiger partial charge in [-0.05, 0) is 37.5 Å². The summed E-state index contributed by atoms with van der Waals surface area (Å²) < 4.78 is 0. The molecule has 0 atom stereocenters. The van der Waals surface area contributed by atoms with Crippen molar-refractivity contribution in [3.63, 3.8) is 0 Å². The Morgan fingerprint density at radius 1 is 1.53 bits per heavy atom. The number of likely N-dealkylation sites (N-methyl/N-ethyl adjacent to an activating group) is 1. The van der Waals surface area contributed by atoms with E-state index in [2.05, 4.69) is 9.97 Å². The molecular formula is C14H18N4O. The van der Waals surface area contributed by atoms with E-state index in [1.165, 1.54) is 0 Å². The minimum atomic E-state index is -0.594. The molecule has 0 saturated heterocycles. The molecule has 1 saturated carbocycles. The van der Waals surface area contributed by atoms with Crippen molar-refractivity contribution >= 4 is 16.9 Å². The van der Waals surface area contributed by atoms with E-state index in [9.17, 15) is 4.79 Å². The third kappa shape index (κ3) is 2.21. The third-order valence-electron chi connectivity index (χ3n) is 3.65. The Morgan fingerprint density at radius 3 is 2.95 bits per heavy atom. The Morgan fingerprint density at radius 2 is 2.26 bits per heavy atom. The molecule has 19 heavy (non-hydrogen) atoms. The van der Waals surface area contributed by atoms with Gasteiger partial charge >= 0.3 is 0 Å². The summed E-state index contributed by atoms with van der Waals surface area (Å²) in [5, 5.41) is 0. The largest absolute Gasteiger partial charge is 0.342 e. The summed E-state index contributed by atoms with van der Waals surface area (Å²) in [6.45, 7) is 2.51. The van der Waals surface area contributed by atoms with Gasteiger partial charge in [0.1, 0.15) is 5.82 Å². The van der Waals surface area contributed by atoms with Crippen LogP contribution in [0.5, 0.6) is 0 Å². The molecule has 0 radical (unpaired) electrons. The number of benzene rings is 1. The van der Waals surface area contributed by atoms with Crippen LogP contribution in [0.25, 0.3) is 11.0 Å². The quantitative estimate of drug-likeness (QED) is 0.872. The molecule has 1 heterocycles. The maximum absolute atomic E-state index is 12.1. The summed E-state index contributed by atoms with van der Waals surface area (Å²) in [4.78, 5) is 21.4. The fourth-order valence-electron chi connectivity index (χ4n) is 2.36. The molecule has 5 nitrogen and oxygen atoms in total. The van der Waals surface area contributed by atoms with Crippen molar-refractivity contribution in [2.24, 2.45) is 5.73 Å². The summed E-state index contributed by atoms with van der Waals surface area (Å²) in [6.07, 6.45) is 1.60.